The molecule has 1 aromatic carbocycles. The summed E-state index contributed by atoms with van der Waals surface area (Å²) in [6, 6.07) is 5.49. The number of halogens is 2. The van der Waals surface area contributed by atoms with E-state index in [1.165, 1.54) is 0 Å². The van der Waals surface area contributed by atoms with Gasteiger partial charge in [-0.3, -0.25) is 4.79 Å². The first-order valence-corrected chi connectivity index (χ1v) is 6.03. The highest BCUT2D eigenvalue weighted by molar-refractivity contribution is 6.42. The van der Waals surface area contributed by atoms with E-state index in [-0.39, 0.29) is 11.2 Å². The van der Waals surface area contributed by atoms with Crippen LogP contribution in [0.5, 0.6) is 0 Å². The molecule has 0 amide bonds. The zero-order chi connectivity index (χ0) is 12.3. The highest BCUT2D eigenvalue weighted by atomic mass is 35.5. The summed E-state index contributed by atoms with van der Waals surface area (Å²) in [5.74, 6) is 0.263. The molecule has 0 N–H and O–H groups in total. The summed E-state index contributed by atoms with van der Waals surface area (Å²) in [5.41, 5.74) is 0.781. The van der Waals surface area contributed by atoms with Crippen molar-refractivity contribution >= 4 is 29.0 Å². The third kappa shape index (κ3) is 3.80. The number of carbonyl (C=O) groups is 1. The maximum absolute atomic E-state index is 11.7. The van der Waals surface area contributed by atoms with E-state index in [1.807, 2.05) is 32.9 Å². The van der Waals surface area contributed by atoms with Crippen molar-refractivity contribution in [3.63, 3.8) is 0 Å². The molecule has 0 bridgehead atoms. The molecule has 0 radical (unpaired) electrons. The molecule has 0 aliphatic carbocycles. The van der Waals surface area contributed by atoms with Crippen LogP contribution in [-0.2, 0) is 11.2 Å². The van der Waals surface area contributed by atoms with Gasteiger partial charge in [-0.05, 0) is 24.1 Å². The van der Waals surface area contributed by atoms with Crippen LogP contribution in [-0.4, -0.2) is 5.78 Å². The Morgan fingerprint density at radius 1 is 1.19 bits per heavy atom. The Balaban J connectivity index is 2.62. The summed E-state index contributed by atoms with van der Waals surface area (Å²) in [6.07, 6.45) is 1.26. The largest absolute Gasteiger partial charge is 0.299 e. The van der Waals surface area contributed by atoms with Crippen molar-refractivity contribution in [2.24, 2.45) is 5.41 Å². The van der Waals surface area contributed by atoms with Gasteiger partial charge in [0.05, 0.1) is 10.0 Å². The highest BCUT2D eigenvalue weighted by Crippen LogP contribution is 2.24. The van der Waals surface area contributed by atoms with Crippen LogP contribution in [0.3, 0.4) is 0 Å². The number of hydrogen-bond donors (Lipinski definition) is 0. The number of carbonyl (C=O) groups excluding carboxylic acids is 1. The van der Waals surface area contributed by atoms with Gasteiger partial charge in [0, 0.05) is 11.8 Å². The van der Waals surface area contributed by atoms with E-state index >= 15 is 0 Å². The number of Topliss-reactive ketones (excluding diaryl/α,β-unsaturated/α-hetero) is 1. The van der Waals surface area contributed by atoms with Crippen LogP contribution in [0, 0.1) is 5.41 Å². The van der Waals surface area contributed by atoms with Gasteiger partial charge in [0.15, 0.2) is 0 Å². The smallest absolute Gasteiger partial charge is 0.138 e. The van der Waals surface area contributed by atoms with Gasteiger partial charge in [0.25, 0.3) is 0 Å². The molecule has 0 heterocycles. The third-order valence-electron chi connectivity index (χ3n) is 2.46. The normalized spacial score (nSPS) is 11.6. The zero-order valence-corrected chi connectivity index (χ0v) is 11.3. The van der Waals surface area contributed by atoms with Gasteiger partial charge < -0.3 is 0 Å². The van der Waals surface area contributed by atoms with Crippen LogP contribution >= 0.6 is 23.2 Å². The summed E-state index contributed by atoms with van der Waals surface area (Å²) in [4.78, 5) is 11.7. The molecular weight excluding hydrogens is 243 g/mol. The fourth-order valence-electron chi connectivity index (χ4n) is 1.33. The van der Waals surface area contributed by atoms with Gasteiger partial charge in [-0.1, -0.05) is 50.0 Å². The summed E-state index contributed by atoms with van der Waals surface area (Å²) in [5, 5.41) is 1.09. The summed E-state index contributed by atoms with van der Waals surface area (Å²) in [7, 11) is 0. The van der Waals surface area contributed by atoms with Gasteiger partial charge in [-0.15, -0.1) is 0 Å². The van der Waals surface area contributed by atoms with Crippen molar-refractivity contribution in [1.29, 1.82) is 0 Å². The highest BCUT2D eigenvalue weighted by Gasteiger charge is 2.20. The second kappa shape index (κ2) is 5.20. The summed E-state index contributed by atoms with van der Waals surface area (Å²) < 4.78 is 0. The Kier molecular flexibility index (Phi) is 4.40. The van der Waals surface area contributed by atoms with Crippen LogP contribution in [0.2, 0.25) is 10.0 Å². The average Bonchev–Trinajstić information content (AvgIpc) is 2.18. The molecule has 0 aliphatic heterocycles. The van der Waals surface area contributed by atoms with Crippen molar-refractivity contribution in [1.82, 2.24) is 0 Å². The quantitative estimate of drug-likeness (QED) is 0.778. The van der Waals surface area contributed by atoms with Crippen molar-refractivity contribution in [3.8, 4) is 0 Å². The van der Waals surface area contributed by atoms with E-state index in [0.717, 1.165) is 5.56 Å². The Morgan fingerprint density at radius 2 is 1.81 bits per heavy atom. The third-order valence-corrected chi connectivity index (χ3v) is 3.20. The molecule has 0 fully saturated rings. The molecule has 0 unspecified atom stereocenters. The Bertz CT molecular complexity index is 391. The van der Waals surface area contributed by atoms with Crippen molar-refractivity contribution < 1.29 is 4.79 Å². The SMILES string of the molecule is CC(C)(C)C(=O)CCc1ccc(Cl)c(Cl)c1. The van der Waals surface area contributed by atoms with Crippen LogP contribution in [0.15, 0.2) is 18.2 Å². The number of ketones is 1. The molecule has 88 valence electrons. The lowest BCUT2D eigenvalue weighted by molar-refractivity contribution is -0.126. The first kappa shape index (κ1) is 13.5. The van der Waals surface area contributed by atoms with E-state index in [4.69, 9.17) is 23.2 Å². The Labute approximate surface area is 107 Å². The lowest BCUT2D eigenvalue weighted by Gasteiger charge is -2.16. The number of aryl methyl sites for hydroxylation is 1. The number of benzene rings is 1. The van der Waals surface area contributed by atoms with Gasteiger partial charge in [-0.25, -0.2) is 0 Å². The van der Waals surface area contributed by atoms with E-state index in [9.17, 15) is 4.79 Å². The van der Waals surface area contributed by atoms with Gasteiger partial charge in [0.2, 0.25) is 0 Å². The average molecular weight is 259 g/mol. The Morgan fingerprint density at radius 3 is 2.31 bits per heavy atom. The maximum atomic E-state index is 11.7. The molecule has 3 heteroatoms. The van der Waals surface area contributed by atoms with Gasteiger partial charge >= 0.3 is 0 Å². The van der Waals surface area contributed by atoms with Gasteiger partial charge in [0.1, 0.15) is 5.78 Å². The summed E-state index contributed by atoms with van der Waals surface area (Å²) >= 11 is 11.7. The molecule has 0 atom stereocenters. The lowest BCUT2D eigenvalue weighted by atomic mass is 9.87. The minimum atomic E-state index is -0.268. The first-order chi connectivity index (χ1) is 7.30. The fraction of sp³-hybridized carbons (Fsp3) is 0.462. The van der Waals surface area contributed by atoms with Crippen LogP contribution < -0.4 is 0 Å². The fourth-order valence-corrected chi connectivity index (χ4v) is 1.65. The zero-order valence-electron chi connectivity index (χ0n) is 9.81. The van der Waals surface area contributed by atoms with Crippen molar-refractivity contribution in [2.45, 2.75) is 33.6 Å². The molecule has 0 aromatic heterocycles. The molecule has 16 heavy (non-hydrogen) atoms. The van der Waals surface area contributed by atoms with Crippen LogP contribution in [0.1, 0.15) is 32.8 Å². The second-order valence-corrected chi connectivity index (χ2v) is 5.74. The second-order valence-electron chi connectivity index (χ2n) is 4.92. The van der Waals surface area contributed by atoms with E-state index in [0.29, 0.717) is 22.9 Å². The molecule has 0 saturated heterocycles. The summed E-state index contributed by atoms with van der Waals surface area (Å²) in [6.45, 7) is 5.80. The molecule has 1 nitrogen and oxygen atoms in total. The Hall–Kier alpha value is -0.530. The molecule has 1 rings (SSSR count). The van der Waals surface area contributed by atoms with Crippen LogP contribution in [0.25, 0.3) is 0 Å². The van der Waals surface area contributed by atoms with Gasteiger partial charge in [-0.2, -0.15) is 0 Å². The van der Waals surface area contributed by atoms with Crippen molar-refractivity contribution in [3.05, 3.63) is 33.8 Å². The number of hydrogen-bond acceptors (Lipinski definition) is 1. The molecule has 0 aliphatic rings. The topological polar surface area (TPSA) is 17.1 Å². The van der Waals surface area contributed by atoms with E-state index in [1.54, 1.807) is 6.07 Å². The van der Waals surface area contributed by atoms with Crippen LogP contribution in [0.4, 0.5) is 0 Å². The van der Waals surface area contributed by atoms with E-state index < -0.39 is 0 Å². The minimum Gasteiger partial charge on any atom is -0.299 e. The maximum Gasteiger partial charge on any atom is 0.138 e. The monoisotopic (exact) mass is 258 g/mol. The minimum absolute atomic E-state index is 0.263. The predicted molar refractivity (Wildman–Crippen MR) is 69.2 cm³/mol. The molecule has 0 spiro atoms. The molecular formula is C13H16Cl2O. The number of rotatable bonds is 3. The van der Waals surface area contributed by atoms with Crippen molar-refractivity contribution in [2.75, 3.05) is 0 Å². The molecule has 0 saturated carbocycles. The molecule has 1 aromatic rings. The standard InChI is InChI=1S/C13H16Cl2O/c1-13(2,3)12(16)7-5-9-4-6-10(14)11(15)8-9/h4,6,8H,5,7H2,1-3H3. The van der Waals surface area contributed by atoms with E-state index in [2.05, 4.69) is 0 Å². The first-order valence-electron chi connectivity index (χ1n) is 5.28. The lowest BCUT2D eigenvalue weighted by Crippen LogP contribution is -2.20. The predicted octanol–water partition coefficient (Wildman–Crippen LogP) is 4.54.